The monoisotopic (exact) mass is 364 g/mol. The summed E-state index contributed by atoms with van der Waals surface area (Å²) in [5, 5.41) is 7.67. The number of amides is 2. The third kappa shape index (κ3) is 5.04. The minimum atomic E-state index is -0.685. The van der Waals surface area contributed by atoms with Gasteiger partial charge in [0.05, 0.1) is 6.42 Å². The zero-order chi connectivity index (χ0) is 18.2. The lowest BCUT2D eigenvalue weighted by Gasteiger charge is -2.17. The molecule has 0 aliphatic carbocycles. The van der Waals surface area contributed by atoms with Crippen molar-refractivity contribution in [2.24, 2.45) is 0 Å². The molecule has 5 heteroatoms. The molecule has 0 aliphatic heterocycles. The van der Waals surface area contributed by atoms with E-state index in [0.717, 1.165) is 16.0 Å². The number of rotatable bonds is 7. The van der Waals surface area contributed by atoms with Crippen molar-refractivity contribution in [3.63, 3.8) is 0 Å². The summed E-state index contributed by atoms with van der Waals surface area (Å²) in [6.07, 6.45) is 0.245. The predicted molar refractivity (Wildman–Crippen MR) is 104 cm³/mol. The fraction of sp³-hybridized carbons (Fsp3) is 0.143. The van der Waals surface area contributed by atoms with Crippen molar-refractivity contribution in [1.29, 1.82) is 0 Å². The van der Waals surface area contributed by atoms with Crippen LogP contribution in [0.25, 0.3) is 0 Å². The van der Waals surface area contributed by atoms with Gasteiger partial charge in [-0.2, -0.15) is 0 Å². The predicted octanol–water partition coefficient (Wildman–Crippen LogP) is 3.46. The van der Waals surface area contributed by atoms with Crippen molar-refractivity contribution in [3.8, 4) is 0 Å². The van der Waals surface area contributed by atoms with Crippen LogP contribution < -0.4 is 10.6 Å². The maximum absolute atomic E-state index is 12.7. The molecule has 0 spiro atoms. The van der Waals surface area contributed by atoms with Gasteiger partial charge in [-0.15, -0.1) is 11.3 Å². The first-order valence-electron chi connectivity index (χ1n) is 8.41. The van der Waals surface area contributed by atoms with Crippen LogP contribution in [0.3, 0.4) is 0 Å². The average Bonchev–Trinajstić information content (AvgIpc) is 3.20. The Morgan fingerprint density at radius 1 is 0.846 bits per heavy atom. The summed E-state index contributed by atoms with van der Waals surface area (Å²) >= 11 is 1.45. The Labute approximate surface area is 156 Å². The van der Waals surface area contributed by atoms with Crippen LogP contribution in [0.5, 0.6) is 0 Å². The zero-order valence-corrected chi connectivity index (χ0v) is 15.0. The second-order valence-electron chi connectivity index (χ2n) is 5.88. The van der Waals surface area contributed by atoms with Crippen LogP contribution in [0, 0.1) is 0 Å². The van der Waals surface area contributed by atoms with Crippen LogP contribution in [-0.2, 0) is 22.6 Å². The van der Waals surface area contributed by atoms with Gasteiger partial charge in [-0.3, -0.25) is 9.59 Å². The minimum Gasteiger partial charge on any atom is -0.350 e. The van der Waals surface area contributed by atoms with E-state index >= 15 is 0 Å². The number of carbonyl (C=O) groups is 2. The highest BCUT2D eigenvalue weighted by Gasteiger charge is 2.23. The fourth-order valence-corrected chi connectivity index (χ4v) is 3.38. The lowest BCUT2D eigenvalue weighted by molar-refractivity contribution is -0.128. The van der Waals surface area contributed by atoms with Crippen molar-refractivity contribution >= 4 is 23.2 Å². The Morgan fingerprint density at radius 2 is 1.50 bits per heavy atom. The van der Waals surface area contributed by atoms with Crippen LogP contribution in [0.15, 0.2) is 78.2 Å². The van der Waals surface area contributed by atoms with Crippen molar-refractivity contribution in [1.82, 2.24) is 10.6 Å². The summed E-state index contributed by atoms with van der Waals surface area (Å²) in [6.45, 7) is 0.427. The van der Waals surface area contributed by atoms with Gasteiger partial charge in [-0.25, -0.2) is 0 Å². The third-order valence-electron chi connectivity index (χ3n) is 3.91. The summed E-state index contributed by atoms with van der Waals surface area (Å²) in [7, 11) is 0. The molecule has 4 nitrogen and oxygen atoms in total. The van der Waals surface area contributed by atoms with Crippen molar-refractivity contribution in [2.75, 3.05) is 0 Å². The van der Waals surface area contributed by atoms with E-state index in [4.69, 9.17) is 0 Å². The second-order valence-corrected chi connectivity index (χ2v) is 6.86. The highest BCUT2D eigenvalue weighted by molar-refractivity contribution is 7.10. The molecule has 2 N–H and O–H groups in total. The molecule has 0 fully saturated rings. The molecule has 0 saturated carbocycles. The van der Waals surface area contributed by atoms with Gasteiger partial charge in [0, 0.05) is 11.4 Å². The second kappa shape index (κ2) is 8.97. The first-order valence-corrected chi connectivity index (χ1v) is 9.28. The Kier molecular flexibility index (Phi) is 6.17. The zero-order valence-electron chi connectivity index (χ0n) is 14.2. The van der Waals surface area contributed by atoms with Crippen molar-refractivity contribution in [3.05, 3.63) is 94.2 Å². The Hall–Kier alpha value is -2.92. The number of hydrogen-bond donors (Lipinski definition) is 2. The molecule has 0 radical (unpaired) electrons. The summed E-state index contributed by atoms with van der Waals surface area (Å²) in [6, 6.07) is 22.2. The van der Waals surface area contributed by atoms with Gasteiger partial charge in [0.25, 0.3) is 0 Å². The molecule has 26 heavy (non-hydrogen) atoms. The van der Waals surface area contributed by atoms with E-state index in [1.807, 2.05) is 78.2 Å². The van der Waals surface area contributed by atoms with Gasteiger partial charge in [-0.1, -0.05) is 66.7 Å². The minimum absolute atomic E-state index is 0.176. The fourth-order valence-electron chi connectivity index (χ4n) is 2.60. The summed E-state index contributed by atoms with van der Waals surface area (Å²) in [5.74, 6) is -0.387. The molecule has 2 amide bonds. The summed E-state index contributed by atoms with van der Waals surface area (Å²) in [5.41, 5.74) is 1.93. The number of benzene rings is 2. The topological polar surface area (TPSA) is 58.2 Å². The maximum atomic E-state index is 12.7. The Morgan fingerprint density at radius 3 is 2.12 bits per heavy atom. The molecule has 0 bridgehead atoms. The van der Waals surface area contributed by atoms with Crippen molar-refractivity contribution < 1.29 is 9.59 Å². The molecular formula is C21H20N2O2S. The summed E-state index contributed by atoms with van der Waals surface area (Å²) in [4.78, 5) is 25.9. The highest BCUT2D eigenvalue weighted by Crippen LogP contribution is 2.19. The first kappa shape index (κ1) is 17.9. The molecule has 0 saturated heterocycles. The number of thiophene rings is 1. The molecule has 1 atom stereocenters. The van der Waals surface area contributed by atoms with E-state index in [1.54, 1.807) is 0 Å². The number of nitrogens with one attached hydrogen (secondary N) is 2. The van der Waals surface area contributed by atoms with E-state index in [9.17, 15) is 9.59 Å². The quantitative estimate of drug-likeness (QED) is 0.674. The van der Waals surface area contributed by atoms with Crippen LogP contribution in [0.4, 0.5) is 0 Å². The smallest absolute Gasteiger partial charge is 0.248 e. The maximum Gasteiger partial charge on any atom is 0.248 e. The molecule has 0 aliphatic rings. The molecule has 2 aromatic carbocycles. The largest absolute Gasteiger partial charge is 0.350 e. The van der Waals surface area contributed by atoms with E-state index in [-0.39, 0.29) is 18.2 Å². The third-order valence-corrected chi connectivity index (χ3v) is 4.85. The van der Waals surface area contributed by atoms with Gasteiger partial charge >= 0.3 is 0 Å². The Balaban J connectivity index is 1.65. The van der Waals surface area contributed by atoms with E-state index in [2.05, 4.69) is 10.6 Å². The van der Waals surface area contributed by atoms with Gasteiger partial charge in [0.1, 0.15) is 6.04 Å². The Bertz CT molecular complexity index is 833. The van der Waals surface area contributed by atoms with Gasteiger partial charge in [-0.05, 0) is 22.6 Å². The average molecular weight is 364 g/mol. The van der Waals surface area contributed by atoms with Crippen LogP contribution in [0.2, 0.25) is 0 Å². The molecular weight excluding hydrogens is 344 g/mol. The SMILES string of the molecule is O=C(Cc1ccccc1)N[C@@H](C(=O)NCc1ccccc1)c1cccs1. The highest BCUT2D eigenvalue weighted by atomic mass is 32.1. The first-order chi connectivity index (χ1) is 12.7. The molecule has 1 aromatic heterocycles. The molecule has 3 aromatic rings. The summed E-state index contributed by atoms with van der Waals surface area (Å²) < 4.78 is 0. The van der Waals surface area contributed by atoms with Crippen molar-refractivity contribution in [2.45, 2.75) is 19.0 Å². The number of carbonyl (C=O) groups excluding carboxylic acids is 2. The standard InChI is InChI=1S/C21H20N2O2S/c24-19(14-16-8-3-1-4-9-16)23-20(18-12-7-13-26-18)21(25)22-15-17-10-5-2-6-11-17/h1-13,20H,14-15H2,(H,22,25)(H,23,24)/t20-/m1/s1. The van der Waals surface area contributed by atoms with Crippen LogP contribution in [-0.4, -0.2) is 11.8 Å². The van der Waals surface area contributed by atoms with E-state index < -0.39 is 6.04 Å². The van der Waals surface area contributed by atoms with Crippen LogP contribution >= 0.6 is 11.3 Å². The van der Waals surface area contributed by atoms with Crippen LogP contribution in [0.1, 0.15) is 22.0 Å². The molecule has 3 rings (SSSR count). The van der Waals surface area contributed by atoms with E-state index in [0.29, 0.717) is 6.54 Å². The molecule has 132 valence electrons. The van der Waals surface area contributed by atoms with E-state index in [1.165, 1.54) is 11.3 Å². The molecule has 1 heterocycles. The lowest BCUT2D eigenvalue weighted by atomic mass is 10.1. The number of hydrogen-bond acceptors (Lipinski definition) is 3. The van der Waals surface area contributed by atoms with Gasteiger partial charge in [0.15, 0.2) is 0 Å². The normalized spacial score (nSPS) is 11.5. The lowest BCUT2D eigenvalue weighted by Crippen LogP contribution is -2.40. The molecule has 0 unspecified atom stereocenters. The van der Waals surface area contributed by atoms with Gasteiger partial charge < -0.3 is 10.6 Å². The van der Waals surface area contributed by atoms with Gasteiger partial charge in [0.2, 0.25) is 11.8 Å².